The van der Waals surface area contributed by atoms with Crippen molar-refractivity contribution in [3.8, 4) is 5.75 Å². The zero-order valence-corrected chi connectivity index (χ0v) is 12.1. The number of rotatable bonds is 7. The van der Waals surface area contributed by atoms with Crippen LogP contribution >= 0.6 is 0 Å². The van der Waals surface area contributed by atoms with E-state index >= 15 is 0 Å². The molecule has 3 nitrogen and oxygen atoms in total. The third kappa shape index (κ3) is 5.05. The van der Waals surface area contributed by atoms with Gasteiger partial charge in [0, 0.05) is 18.2 Å². The lowest BCUT2D eigenvalue weighted by molar-refractivity contribution is 0.284. The van der Waals surface area contributed by atoms with Crippen molar-refractivity contribution in [1.82, 2.24) is 4.98 Å². The van der Waals surface area contributed by atoms with Crippen molar-refractivity contribution in [2.24, 2.45) is 11.7 Å². The highest BCUT2D eigenvalue weighted by atomic mass is 16.5. The van der Waals surface area contributed by atoms with E-state index in [-0.39, 0.29) is 6.04 Å². The van der Waals surface area contributed by atoms with Crippen LogP contribution in [0.25, 0.3) is 0 Å². The number of ether oxygens (including phenoxy) is 1. The number of nitrogens with two attached hydrogens (primary N) is 1. The van der Waals surface area contributed by atoms with E-state index in [0.29, 0.717) is 5.92 Å². The molecule has 1 rings (SSSR count). The van der Waals surface area contributed by atoms with E-state index in [9.17, 15) is 0 Å². The predicted molar refractivity (Wildman–Crippen MR) is 75.9 cm³/mol. The van der Waals surface area contributed by atoms with Gasteiger partial charge in [0.05, 0.1) is 12.3 Å². The van der Waals surface area contributed by atoms with Crippen LogP contribution in [-0.4, -0.2) is 17.6 Å². The minimum absolute atomic E-state index is 0.159. The highest BCUT2D eigenvalue weighted by Crippen LogP contribution is 2.19. The van der Waals surface area contributed by atoms with Crippen LogP contribution in [0.2, 0.25) is 0 Å². The highest BCUT2D eigenvalue weighted by molar-refractivity contribution is 5.30. The standard InChI is InChI=1S/C15H26N2O/c1-5-13(16)10-14-15(7-6-12(4)17-14)18-9-8-11(2)3/h6-7,11,13H,5,8-10,16H2,1-4H3. The molecule has 0 spiro atoms. The molecule has 0 aromatic carbocycles. The monoisotopic (exact) mass is 250 g/mol. The molecule has 0 saturated carbocycles. The summed E-state index contributed by atoms with van der Waals surface area (Å²) in [6, 6.07) is 4.17. The Balaban J connectivity index is 2.70. The molecule has 1 unspecified atom stereocenters. The SMILES string of the molecule is CCC(N)Cc1nc(C)ccc1OCCC(C)C. The van der Waals surface area contributed by atoms with Gasteiger partial charge in [-0.15, -0.1) is 0 Å². The molecular weight excluding hydrogens is 224 g/mol. The molecule has 0 radical (unpaired) electrons. The lowest BCUT2D eigenvalue weighted by Gasteiger charge is -2.14. The van der Waals surface area contributed by atoms with Crippen LogP contribution in [0.3, 0.4) is 0 Å². The molecule has 102 valence electrons. The number of hydrogen-bond donors (Lipinski definition) is 1. The molecule has 0 fully saturated rings. The highest BCUT2D eigenvalue weighted by Gasteiger charge is 2.10. The molecule has 0 aliphatic rings. The minimum atomic E-state index is 0.159. The minimum Gasteiger partial charge on any atom is -0.492 e. The van der Waals surface area contributed by atoms with Crippen LogP contribution < -0.4 is 10.5 Å². The molecule has 3 heteroatoms. The zero-order chi connectivity index (χ0) is 13.5. The van der Waals surface area contributed by atoms with Crippen molar-refractivity contribution < 1.29 is 4.74 Å². The van der Waals surface area contributed by atoms with Crippen LogP contribution in [0.4, 0.5) is 0 Å². The van der Waals surface area contributed by atoms with Gasteiger partial charge < -0.3 is 10.5 Å². The third-order valence-corrected chi connectivity index (χ3v) is 3.00. The van der Waals surface area contributed by atoms with E-state index in [2.05, 4.69) is 25.8 Å². The number of pyridine rings is 1. The summed E-state index contributed by atoms with van der Waals surface area (Å²) in [5.41, 5.74) is 8.02. The summed E-state index contributed by atoms with van der Waals surface area (Å²) >= 11 is 0. The van der Waals surface area contributed by atoms with Crippen molar-refractivity contribution in [3.05, 3.63) is 23.5 Å². The molecule has 1 heterocycles. The maximum atomic E-state index is 6.01. The first-order valence-electron chi connectivity index (χ1n) is 6.87. The van der Waals surface area contributed by atoms with E-state index in [1.807, 2.05) is 19.1 Å². The van der Waals surface area contributed by atoms with Gasteiger partial charge in [-0.05, 0) is 37.8 Å². The van der Waals surface area contributed by atoms with Crippen LogP contribution in [0.1, 0.15) is 45.0 Å². The van der Waals surface area contributed by atoms with Gasteiger partial charge >= 0.3 is 0 Å². The molecule has 18 heavy (non-hydrogen) atoms. The Morgan fingerprint density at radius 2 is 2.06 bits per heavy atom. The second-order valence-electron chi connectivity index (χ2n) is 5.30. The first-order valence-corrected chi connectivity index (χ1v) is 6.87. The lowest BCUT2D eigenvalue weighted by atomic mass is 10.1. The molecule has 1 atom stereocenters. The Labute approximate surface area is 111 Å². The van der Waals surface area contributed by atoms with Gasteiger partial charge in [0.2, 0.25) is 0 Å². The summed E-state index contributed by atoms with van der Waals surface area (Å²) in [5, 5.41) is 0. The number of hydrogen-bond acceptors (Lipinski definition) is 3. The van der Waals surface area contributed by atoms with Crippen molar-refractivity contribution in [1.29, 1.82) is 0 Å². The Morgan fingerprint density at radius 3 is 2.67 bits per heavy atom. The molecule has 0 amide bonds. The van der Waals surface area contributed by atoms with Crippen LogP contribution in [-0.2, 0) is 6.42 Å². The van der Waals surface area contributed by atoms with Crippen molar-refractivity contribution in [2.75, 3.05) is 6.61 Å². The first-order chi connectivity index (χ1) is 8.52. The Morgan fingerprint density at radius 1 is 1.33 bits per heavy atom. The Bertz CT molecular complexity index is 364. The molecule has 0 saturated heterocycles. The Hall–Kier alpha value is -1.09. The molecule has 0 aliphatic carbocycles. The molecule has 0 bridgehead atoms. The van der Waals surface area contributed by atoms with Gasteiger partial charge in [0.1, 0.15) is 5.75 Å². The lowest BCUT2D eigenvalue weighted by Crippen LogP contribution is -2.22. The van der Waals surface area contributed by atoms with E-state index < -0.39 is 0 Å². The average molecular weight is 250 g/mol. The van der Waals surface area contributed by atoms with E-state index in [1.54, 1.807) is 0 Å². The second kappa shape index (κ2) is 7.37. The maximum Gasteiger partial charge on any atom is 0.140 e. The van der Waals surface area contributed by atoms with Gasteiger partial charge in [0.25, 0.3) is 0 Å². The number of aromatic nitrogens is 1. The fraction of sp³-hybridized carbons (Fsp3) is 0.667. The quantitative estimate of drug-likeness (QED) is 0.809. The summed E-state index contributed by atoms with van der Waals surface area (Å²) in [4.78, 5) is 4.55. The third-order valence-electron chi connectivity index (χ3n) is 3.00. The largest absolute Gasteiger partial charge is 0.492 e. The summed E-state index contributed by atoms with van der Waals surface area (Å²) in [6.07, 6.45) is 2.81. The molecule has 1 aromatic rings. The summed E-state index contributed by atoms with van der Waals surface area (Å²) < 4.78 is 5.83. The van der Waals surface area contributed by atoms with Crippen LogP contribution in [0.15, 0.2) is 12.1 Å². The molecule has 1 aromatic heterocycles. The molecule has 2 N–H and O–H groups in total. The number of nitrogens with zero attached hydrogens (tertiary/aromatic N) is 1. The predicted octanol–water partition coefficient (Wildman–Crippen LogP) is 3.09. The fourth-order valence-electron chi connectivity index (χ4n) is 1.67. The van der Waals surface area contributed by atoms with Crippen molar-refractivity contribution in [2.45, 2.75) is 53.0 Å². The van der Waals surface area contributed by atoms with Gasteiger partial charge in [0.15, 0.2) is 0 Å². The van der Waals surface area contributed by atoms with Crippen molar-refractivity contribution >= 4 is 0 Å². The normalized spacial score (nSPS) is 12.8. The van der Waals surface area contributed by atoms with Crippen LogP contribution in [0.5, 0.6) is 5.75 Å². The van der Waals surface area contributed by atoms with Gasteiger partial charge in [-0.25, -0.2) is 0 Å². The molecular formula is C15H26N2O. The van der Waals surface area contributed by atoms with Gasteiger partial charge in [-0.1, -0.05) is 20.8 Å². The summed E-state index contributed by atoms with van der Waals surface area (Å²) in [5.74, 6) is 1.55. The molecule has 0 aliphatic heterocycles. The smallest absolute Gasteiger partial charge is 0.140 e. The van der Waals surface area contributed by atoms with E-state index in [4.69, 9.17) is 10.5 Å². The van der Waals surface area contributed by atoms with E-state index in [1.165, 1.54) is 0 Å². The van der Waals surface area contributed by atoms with Gasteiger partial charge in [-0.3, -0.25) is 4.98 Å². The maximum absolute atomic E-state index is 6.01. The van der Waals surface area contributed by atoms with Crippen molar-refractivity contribution in [3.63, 3.8) is 0 Å². The fourth-order valence-corrected chi connectivity index (χ4v) is 1.67. The van der Waals surface area contributed by atoms with Gasteiger partial charge in [-0.2, -0.15) is 0 Å². The average Bonchev–Trinajstić information content (AvgIpc) is 2.31. The zero-order valence-electron chi connectivity index (χ0n) is 12.1. The summed E-state index contributed by atoms with van der Waals surface area (Å²) in [7, 11) is 0. The van der Waals surface area contributed by atoms with E-state index in [0.717, 1.165) is 43.0 Å². The van der Waals surface area contributed by atoms with Crippen LogP contribution in [0, 0.1) is 12.8 Å². The number of aryl methyl sites for hydroxylation is 1. The summed E-state index contributed by atoms with van der Waals surface area (Å²) in [6.45, 7) is 9.24. The topological polar surface area (TPSA) is 48.1 Å². The Kier molecular flexibility index (Phi) is 6.13. The second-order valence-corrected chi connectivity index (χ2v) is 5.30. The first kappa shape index (κ1) is 15.0.